The average Bonchev–Trinajstić information content (AvgIpc) is 3.10. The van der Waals surface area contributed by atoms with E-state index in [2.05, 4.69) is 15.4 Å². The van der Waals surface area contributed by atoms with Crippen molar-refractivity contribution in [2.24, 2.45) is 21.3 Å². The minimum Gasteiger partial charge on any atom is -0.395 e. The van der Waals surface area contributed by atoms with Crippen LogP contribution in [0.4, 0.5) is 0 Å². The standard InChI is InChI=1S/C17H17Cl2N3O3/c1-9(8-23)17(21-20-10(2)11(3)24)12-4-5-13(18)15(16(12)19)14-6-7-25-22-14/h4-5,8-9H,6-7H2,1-3H3/b20-10+,21-17-. The average molecular weight is 382 g/mol. The first-order valence-corrected chi connectivity index (χ1v) is 8.38. The fourth-order valence-electron chi connectivity index (χ4n) is 2.15. The number of nitrogens with zero attached hydrogens (tertiary/aromatic N) is 3. The second-order valence-corrected chi connectivity index (χ2v) is 6.34. The summed E-state index contributed by atoms with van der Waals surface area (Å²) in [6.45, 7) is 5.07. The number of benzene rings is 1. The van der Waals surface area contributed by atoms with E-state index in [-0.39, 0.29) is 11.5 Å². The zero-order chi connectivity index (χ0) is 18.6. The van der Waals surface area contributed by atoms with Crippen LogP contribution in [0, 0.1) is 5.92 Å². The first-order chi connectivity index (χ1) is 11.9. The van der Waals surface area contributed by atoms with E-state index in [9.17, 15) is 9.59 Å². The minimum absolute atomic E-state index is 0.206. The topological polar surface area (TPSA) is 80.4 Å². The lowest BCUT2D eigenvalue weighted by molar-refractivity contribution is -0.111. The SMILES string of the molecule is CC(=O)/C(C)=N/N=C(\c1ccc(Cl)c(C2=NOCC2)c1Cl)C(C)C=O. The third-order valence-electron chi connectivity index (χ3n) is 3.71. The Morgan fingerprint density at radius 2 is 2.04 bits per heavy atom. The molecule has 0 saturated carbocycles. The number of hydrogen-bond donors (Lipinski definition) is 0. The van der Waals surface area contributed by atoms with Crippen LogP contribution in [0.3, 0.4) is 0 Å². The summed E-state index contributed by atoms with van der Waals surface area (Å²) in [4.78, 5) is 27.7. The predicted octanol–water partition coefficient (Wildman–Crippen LogP) is 3.71. The van der Waals surface area contributed by atoms with Crippen molar-refractivity contribution < 1.29 is 14.4 Å². The van der Waals surface area contributed by atoms with Crippen molar-refractivity contribution in [2.75, 3.05) is 6.61 Å². The Morgan fingerprint density at radius 1 is 1.32 bits per heavy atom. The Bertz CT molecular complexity index is 801. The largest absolute Gasteiger partial charge is 0.395 e. The van der Waals surface area contributed by atoms with E-state index in [0.29, 0.717) is 45.6 Å². The van der Waals surface area contributed by atoms with Gasteiger partial charge >= 0.3 is 0 Å². The van der Waals surface area contributed by atoms with Gasteiger partial charge in [0.25, 0.3) is 0 Å². The first-order valence-electron chi connectivity index (χ1n) is 7.62. The van der Waals surface area contributed by atoms with Crippen LogP contribution in [-0.2, 0) is 14.4 Å². The van der Waals surface area contributed by atoms with Gasteiger partial charge in [-0.1, -0.05) is 41.3 Å². The highest BCUT2D eigenvalue weighted by Crippen LogP contribution is 2.32. The summed E-state index contributed by atoms with van der Waals surface area (Å²) in [6.07, 6.45) is 1.32. The molecule has 0 aliphatic carbocycles. The number of ketones is 1. The summed E-state index contributed by atoms with van der Waals surface area (Å²) in [6, 6.07) is 3.33. The fraction of sp³-hybridized carbons (Fsp3) is 0.353. The summed E-state index contributed by atoms with van der Waals surface area (Å²) in [5, 5.41) is 12.7. The molecule has 1 aromatic carbocycles. The maximum absolute atomic E-state index is 11.3. The van der Waals surface area contributed by atoms with E-state index in [1.807, 2.05) is 0 Å². The number of Topliss-reactive ketones (excluding diaryl/α,β-unsaturated/α-hetero) is 1. The Labute approximate surface area is 155 Å². The lowest BCUT2D eigenvalue weighted by Gasteiger charge is -2.14. The van der Waals surface area contributed by atoms with E-state index in [1.54, 1.807) is 26.0 Å². The number of carbonyl (C=O) groups is 2. The van der Waals surface area contributed by atoms with Gasteiger partial charge in [-0.3, -0.25) is 4.79 Å². The van der Waals surface area contributed by atoms with Crippen molar-refractivity contribution in [3.63, 3.8) is 0 Å². The van der Waals surface area contributed by atoms with Gasteiger partial charge in [0, 0.05) is 24.5 Å². The molecule has 0 aromatic heterocycles. The number of aldehydes is 1. The second kappa shape index (κ2) is 8.36. The van der Waals surface area contributed by atoms with E-state index in [1.165, 1.54) is 6.92 Å². The molecule has 25 heavy (non-hydrogen) atoms. The van der Waals surface area contributed by atoms with Gasteiger partial charge in [-0.2, -0.15) is 10.2 Å². The zero-order valence-electron chi connectivity index (χ0n) is 14.0. The van der Waals surface area contributed by atoms with Crippen LogP contribution in [0.2, 0.25) is 10.0 Å². The van der Waals surface area contributed by atoms with Gasteiger partial charge in [-0.25, -0.2) is 0 Å². The van der Waals surface area contributed by atoms with Crippen molar-refractivity contribution in [3.05, 3.63) is 33.3 Å². The Kier molecular flexibility index (Phi) is 6.45. The van der Waals surface area contributed by atoms with Crippen LogP contribution in [0.25, 0.3) is 0 Å². The van der Waals surface area contributed by atoms with Gasteiger partial charge in [0.1, 0.15) is 18.6 Å². The van der Waals surface area contributed by atoms with Crippen LogP contribution >= 0.6 is 23.2 Å². The number of halogens is 2. The number of hydrogen-bond acceptors (Lipinski definition) is 6. The molecule has 0 radical (unpaired) electrons. The molecule has 6 nitrogen and oxygen atoms in total. The molecule has 1 unspecified atom stereocenters. The molecule has 0 fully saturated rings. The maximum Gasteiger partial charge on any atom is 0.175 e. The molecule has 132 valence electrons. The second-order valence-electron chi connectivity index (χ2n) is 5.56. The summed E-state index contributed by atoms with van der Waals surface area (Å²) >= 11 is 12.8. The Morgan fingerprint density at radius 3 is 2.60 bits per heavy atom. The predicted molar refractivity (Wildman–Crippen MR) is 99.1 cm³/mol. The molecule has 0 spiro atoms. The molecule has 1 aromatic rings. The maximum atomic E-state index is 11.3. The quantitative estimate of drug-likeness (QED) is 0.427. The summed E-state index contributed by atoms with van der Waals surface area (Å²) in [5.41, 5.74) is 2.28. The van der Waals surface area contributed by atoms with E-state index in [0.717, 1.165) is 6.29 Å². The van der Waals surface area contributed by atoms with Crippen LogP contribution in [0.1, 0.15) is 38.3 Å². The van der Waals surface area contributed by atoms with Crippen molar-refractivity contribution in [3.8, 4) is 0 Å². The van der Waals surface area contributed by atoms with Gasteiger partial charge in [-0.15, -0.1) is 0 Å². The number of oxime groups is 1. The Hall–Kier alpha value is -2.05. The summed E-state index contributed by atoms with van der Waals surface area (Å²) in [7, 11) is 0. The number of carbonyl (C=O) groups excluding carboxylic acids is 2. The molecule has 0 N–H and O–H groups in total. The van der Waals surface area contributed by atoms with Crippen molar-refractivity contribution in [2.45, 2.75) is 27.2 Å². The van der Waals surface area contributed by atoms with Crippen molar-refractivity contribution in [1.29, 1.82) is 0 Å². The highest BCUT2D eigenvalue weighted by Gasteiger charge is 2.23. The van der Waals surface area contributed by atoms with Gasteiger partial charge in [0.15, 0.2) is 5.78 Å². The third-order valence-corrected chi connectivity index (χ3v) is 4.42. The number of rotatable bonds is 6. The van der Waals surface area contributed by atoms with Crippen LogP contribution in [0.15, 0.2) is 27.5 Å². The molecule has 0 saturated heterocycles. The molecule has 1 heterocycles. The summed E-state index contributed by atoms with van der Waals surface area (Å²) in [5.74, 6) is -0.779. The smallest absolute Gasteiger partial charge is 0.175 e. The van der Waals surface area contributed by atoms with E-state index in [4.69, 9.17) is 28.0 Å². The highest BCUT2D eigenvalue weighted by atomic mass is 35.5. The van der Waals surface area contributed by atoms with Gasteiger partial charge in [0.05, 0.1) is 27.4 Å². The lowest BCUT2D eigenvalue weighted by Crippen LogP contribution is -2.16. The molecule has 0 amide bonds. The first kappa shape index (κ1) is 19.3. The van der Waals surface area contributed by atoms with E-state index >= 15 is 0 Å². The highest BCUT2D eigenvalue weighted by molar-refractivity contribution is 6.42. The van der Waals surface area contributed by atoms with E-state index < -0.39 is 5.92 Å². The third kappa shape index (κ3) is 4.32. The van der Waals surface area contributed by atoms with Gasteiger partial charge in [-0.05, 0) is 13.0 Å². The normalized spacial score (nSPS) is 16.3. The van der Waals surface area contributed by atoms with Crippen molar-refractivity contribution in [1.82, 2.24) is 0 Å². The molecule has 1 aliphatic heterocycles. The van der Waals surface area contributed by atoms with Gasteiger partial charge in [0.2, 0.25) is 0 Å². The van der Waals surface area contributed by atoms with Crippen LogP contribution in [-0.4, -0.2) is 35.8 Å². The molecular weight excluding hydrogens is 365 g/mol. The Balaban J connectivity index is 2.60. The molecule has 8 heteroatoms. The molecule has 0 bridgehead atoms. The molecule has 1 atom stereocenters. The monoisotopic (exact) mass is 381 g/mol. The lowest BCUT2D eigenvalue weighted by atomic mass is 9.96. The molecule has 2 rings (SSSR count). The molecular formula is C17H17Cl2N3O3. The zero-order valence-corrected chi connectivity index (χ0v) is 15.6. The summed E-state index contributed by atoms with van der Waals surface area (Å²) < 4.78 is 0. The fourth-order valence-corrected chi connectivity index (χ4v) is 2.84. The van der Waals surface area contributed by atoms with Gasteiger partial charge < -0.3 is 9.63 Å². The van der Waals surface area contributed by atoms with Crippen LogP contribution in [0.5, 0.6) is 0 Å². The molecule has 1 aliphatic rings. The minimum atomic E-state index is -0.572. The van der Waals surface area contributed by atoms with Crippen LogP contribution < -0.4 is 0 Å². The van der Waals surface area contributed by atoms with Crippen molar-refractivity contribution >= 4 is 52.4 Å².